The van der Waals surface area contributed by atoms with Crippen molar-refractivity contribution in [1.29, 1.82) is 0 Å². The molecule has 8 heteroatoms. The molecule has 0 saturated carbocycles. The van der Waals surface area contributed by atoms with Gasteiger partial charge in [-0.15, -0.1) is 0 Å². The number of hydrogen-bond acceptors (Lipinski definition) is 4. The first-order valence-corrected chi connectivity index (χ1v) is 10.6. The molecule has 0 saturated heterocycles. The standard InChI is InChI=1S/C14H10Cl2O4S2/c15-21(17,18)13(11-7-3-1-4-8-11)14(22(16,19)20)12-9-5-2-6-10-12/h1-10H. The van der Waals surface area contributed by atoms with E-state index in [1.807, 2.05) is 0 Å². The van der Waals surface area contributed by atoms with Gasteiger partial charge in [-0.1, -0.05) is 60.7 Å². The molecule has 0 fully saturated rings. The second-order valence-electron chi connectivity index (χ2n) is 4.27. The van der Waals surface area contributed by atoms with Crippen molar-refractivity contribution in [3.63, 3.8) is 0 Å². The quantitative estimate of drug-likeness (QED) is 0.603. The van der Waals surface area contributed by atoms with Gasteiger partial charge in [0.1, 0.15) is 9.81 Å². The van der Waals surface area contributed by atoms with E-state index in [9.17, 15) is 16.8 Å². The number of halogens is 2. The Bertz CT molecular complexity index is 826. The topological polar surface area (TPSA) is 68.3 Å². The fourth-order valence-corrected chi connectivity index (χ4v) is 5.39. The number of hydrogen-bond donors (Lipinski definition) is 0. The van der Waals surface area contributed by atoms with Gasteiger partial charge in [0, 0.05) is 21.4 Å². The monoisotopic (exact) mass is 376 g/mol. The first kappa shape index (κ1) is 17.0. The predicted octanol–water partition coefficient (Wildman–Crippen LogP) is 3.65. The highest BCUT2D eigenvalue weighted by atomic mass is 35.7. The second-order valence-corrected chi connectivity index (χ2v) is 9.27. The molecule has 0 aromatic heterocycles. The minimum atomic E-state index is -4.36. The maximum atomic E-state index is 12.0. The third-order valence-electron chi connectivity index (χ3n) is 2.77. The van der Waals surface area contributed by atoms with Crippen molar-refractivity contribution in [1.82, 2.24) is 0 Å². The first-order valence-electron chi connectivity index (χ1n) is 5.95. The van der Waals surface area contributed by atoms with E-state index in [4.69, 9.17) is 21.4 Å². The lowest BCUT2D eigenvalue weighted by Gasteiger charge is -2.11. The molecule has 0 amide bonds. The van der Waals surface area contributed by atoms with Crippen LogP contribution in [0.2, 0.25) is 0 Å². The highest BCUT2D eigenvalue weighted by Gasteiger charge is 2.30. The zero-order chi connectivity index (χ0) is 16.4. The van der Waals surface area contributed by atoms with E-state index in [0.717, 1.165) is 0 Å². The number of rotatable bonds is 4. The molecule has 0 spiro atoms. The number of benzene rings is 2. The molecule has 22 heavy (non-hydrogen) atoms. The zero-order valence-electron chi connectivity index (χ0n) is 11.0. The average Bonchev–Trinajstić information content (AvgIpc) is 2.44. The van der Waals surface area contributed by atoms with Gasteiger partial charge in [-0.3, -0.25) is 0 Å². The molecule has 0 unspecified atom stereocenters. The molecule has 0 N–H and O–H groups in total. The molecule has 116 valence electrons. The third-order valence-corrected chi connectivity index (χ3v) is 5.68. The molecule has 0 aliphatic rings. The van der Waals surface area contributed by atoms with Crippen LogP contribution in [0.25, 0.3) is 9.81 Å². The van der Waals surface area contributed by atoms with Crippen LogP contribution in [-0.4, -0.2) is 16.8 Å². The lowest BCUT2D eigenvalue weighted by Crippen LogP contribution is -2.05. The van der Waals surface area contributed by atoms with Gasteiger partial charge in [-0.05, 0) is 11.1 Å². The van der Waals surface area contributed by atoms with Crippen molar-refractivity contribution in [2.75, 3.05) is 0 Å². The summed E-state index contributed by atoms with van der Waals surface area (Å²) in [7, 11) is 2.23. The lowest BCUT2D eigenvalue weighted by molar-refractivity contribution is 0.615. The molecule has 0 radical (unpaired) electrons. The SMILES string of the molecule is O=S(=O)(Cl)C(=C(c1ccccc1)S(=O)(=O)Cl)c1ccccc1. The van der Waals surface area contributed by atoms with Crippen molar-refractivity contribution < 1.29 is 16.8 Å². The third kappa shape index (κ3) is 3.89. The fraction of sp³-hybridized carbons (Fsp3) is 0. The summed E-state index contributed by atoms with van der Waals surface area (Å²) in [6.45, 7) is 0. The smallest absolute Gasteiger partial charge is 0.207 e. The summed E-state index contributed by atoms with van der Waals surface area (Å²) in [5.41, 5.74) is 0.279. The van der Waals surface area contributed by atoms with E-state index < -0.39 is 27.9 Å². The molecule has 0 atom stereocenters. The van der Waals surface area contributed by atoms with Gasteiger partial charge in [0.05, 0.1) is 0 Å². The summed E-state index contributed by atoms with van der Waals surface area (Å²) in [6, 6.07) is 15.4. The fourth-order valence-electron chi connectivity index (χ4n) is 1.94. The van der Waals surface area contributed by atoms with Gasteiger partial charge in [0.25, 0.3) is 18.1 Å². The second kappa shape index (κ2) is 6.42. The molecule has 0 bridgehead atoms. The lowest BCUT2D eigenvalue weighted by atomic mass is 10.1. The van der Waals surface area contributed by atoms with Crippen LogP contribution in [-0.2, 0) is 18.1 Å². The van der Waals surface area contributed by atoms with Crippen LogP contribution in [0.15, 0.2) is 60.7 Å². The van der Waals surface area contributed by atoms with E-state index in [0.29, 0.717) is 0 Å². The summed E-state index contributed by atoms with van der Waals surface area (Å²) in [5, 5.41) is 0. The summed E-state index contributed by atoms with van der Waals surface area (Å²) in [6.07, 6.45) is 0. The minimum Gasteiger partial charge on any atom is -0.207 e. The van der Waals surface area contributed by atoms with Crippen molar-refractivity contribution in [3.8, 4) is 0 Å². The van der Waals surface area contributed by atoms with Crippen molar-refractivity contribution in [3.05, 3.63) is 71.8 Å². The molecular formula is C14H10Cl2O4S2. The Morgan fingerprint density at radius 2 is 0.864 bits per heavy atom. The van der Waals surface area contributed by atoms with Crippen LogP contribution < -0.4 is 0 Å². The average molecular weight is 377 g/mol. The largest absolute Gasteiger partial charge is 0.263 e. The molecule has 0 aliphatic heterocycles. The minimum absolute atomic E-state index is 0.139. The molecule has 0 heterocycles. The van der Waals surface area contributed by atoms with Gasteiger partial charge < -0.3 is 0 Å². The maximum absolute atomic E-state index is 12.0. The molecule has 2 aromatic rings. The predicted molar refractivity (Wildman–Crippen MR) is 89.2 cm³/mol. The Balaban J connectivity index is 2.97. The highest BCUT2D eigenvalue weighted by Crippen LogP contribution is 2.37. The molecule has 2 aromatic carbocycles. The first-order chi connectivity index (χ1) is 10.2. The Labute approximate surface area is 137 Å². The summed E-state index contributed by atoms with van der Waals surface area (Å²) < 4.78 is 47.9. The highest BCUT2D eigenvalue weighted by molar-refractivity contribution is 8.25. The normalized spacial score (nSPS) is 13.5. The Morgan fingerprint density at radius 1 is 0.591 bits per heavy atom. The van der Waals surface area contributed by atoms with Crippen LogP contribution >= 0.6 is 21.4 Å². The van der Waals surface area contributed by atoms with Crippen molar-refractivity contribution in [2.45, 2.75) is 0 Å². The van der Waals surface area contributed by atoms with Crippen LogP contribution in [0.5, 0.6) is 0 Å². The van der Waals surface area contributed by atoms with E-state index >= 15 is 0 Å². The molecule has 4 nitrogen and oxygen atoms in total. The summed E-state index contributed by atoms with van der Waals surface area (Å²) in [5.74, 6) is 0. The van der Waals surface area contributed by atoms with E-state index in [2.05, 4.69) is 0 Å². The van der Waals surface area contributed by atoms with Gasteiger partial charge >= 0.3 is 0 Å². The molecular weight excluding hydrogens is 367 g/mol. The Kier molecular flexibility index (Phi) is 4.97. The maximum Gasteiger partial charge on any atom is 0.263 e. The van der Waals surface area contributed by atoms with Crippen LogP contribution in [0.3, 0.4) is 0 Å². The van der Waals surface area contributed by atoms with Crippen molar-refractivity contribution in [2.24, 2.45) is 0 Å². The molecule has 0 aliphatic carbocycles. The summed E-state index contributed by atoms with van der Waals surface area (Å²) >= 11 is 0. The van der Waals surface area contributed by atoms with Crippen LogP contribution in [0.4, 0.5) is 0 Å². The van der Waals surface area contributed by atoms with Crippen LogP contribution in [0, 0.1) is 0 Å². The van der Waals surface area contributed by atoms with Crippen LogP contribution in [0.1, 0.15) is 11.1 Å². The summed E-state index contributed by atoms with van der Waals surface area (Å²) in [4.78, 5) is -1.09. The van der Waals surface area contributed by atoms with E-state index in [1.165, 1.54) is 24.3 Å². The zero-order valence-corrected chi connectivity index (χ0v) is 14.1. The van der Waals surface area contributed by atoms with E-state index in [1.54, 1.807) is 36.4 Å². The van der Waals surface area contributed by atoms with Gasteiger partial charge in [-0.2, -0.15) is 0 Å². The molecule has 2 rings (SSSR count). The Hall–Kier alpha value is -1.34. The van der Waals surface area contributed by atoms with E-state index in [-0.39, 0.29) is 11.1 Å². The van der Waals surface area contributed by atoms with Gasteiger partial charge in [0.15, 0.2) is 0 Å². The van der Waals surface area contributed by atoms with Gasteiger partial charge in [0.2, 0.25) is 0 Å². The van der Waals surface area contributed by atoms with Crippen molar-refractivity contribution >= 4 is 49.3 Å². The Morgan fingerprint density at radius 3 is 1.09 bits per heavy atom. The van der Waals surface area contributed by atoms with Gasteiger partial charge in [-0.25, -0.2) is 16.8 Å².